The van der Waals surface area contributed by atoms with Gasteiger partial charge in [-0.15, -0.1) is 0 Å². The summed E-state index contributed by atoms with van der Waals surface area (Å²) in [6.07, 6.45) is 4.41. The Labute approximate surface area is 257 Å². The predicted molar refractivity (Wildman–Crippen MR) is 184 cm³/mol. The lowest BCUT2D eigenvalue weighted by Crippen LogP contribution is -2.49. The van der Waals surface area contributed by atoms with Gasteiger partial charge in [-0.3, -0.25) is 4.90 Å². The molecule has 1 aromatic carbocycles. The Morgan fingerprint density at radius 3 is 2.21 bits per heavy atom. The van der Waals surface area contributed by atoms with Crippen molar-refractivity contribution in [3.8, 4) is 0 Å². The molecule has 238 valence electrons. The quantitative estimate of drug-likeness (QED) is 0.223. The molecule has 1 aliphatic rings. The van der Waals surface area contributed by atoms with E-state index in [0.717, 1.165) is 92.5 Å². The number of imidazole rings is 1. The van der Waals surface area contributed by atoms with Crippen LogP contribution in [0.4, 0.5) is 11.5 Å². The SMILES string of the molecule is CC.CC.CCCc1nc2c([nH]1)c(N)nc1ccc(N3CCN(CC(C)(C)COCC(C)(C)CC(C)CC)CC3)cc12. The summed E-state index contributed by atoms with van der Waals surface area (Å²) in [6, 6.07) is 6.51. The molecule has 0 aliphatic carbocycles. The van der Waals surface area contributed by atoms with Crippen LogP contribution in [0.2, 0.25) is 0 Å². The molecule has 1 saturated heterocycles. The van der Waals surface area contributed by atoms with Crippen molar-refractivity contribution in [1.82, 2.24) is 19.9 Å². The van der Waals surface area contributed by atoms with Crippen molar-refractivity contribution in [2.24, 2.45) is 16.7 Å². The lowest BCUT2D eigenvalue weighted by atomic mass is 9.83. The zero-order valence-electron chi connectivity index (χ0n) is 28.9. The van der Waals surface area contributed by atoms with Gasteiger partial charge in [0.2, 0.25) is 0 Å². The van der Waals surface area contributed by atoms with Gasteiger partial charge >= 0.3 is 0 Å². The maximum Gasteiger partial charge on any atom is 0.150 e. The molecular weight excluding hydrogens is 520 g/mol. The van der Waals surface area contributed by atoms with Gasteiger partial charge in [-0.1, -0.05) is 82.6 Å². The molecule has 3 N–H and O–H groups in total. The highest BCUT2D eigenvalue weighted by Crippen LogP contribution is 2.31. The Balaban J connectivity index is 0.00000148. The molecular formula is C35H62N6O. The molecule has 0 bridgehead atoms. The average molecular weight is 583 g/mol. The molecule has 1 unspecified atom stereocenters. The summed E-state index contributed by atoms with van der Waals surface area (Å²) in [4.78, 5) is 18.0. The average Bonchev–Trinajstić information content (AvgIpc) is 3.40. The minimum absolute atomic E-state index is 0.130. The molecule has 1 fully saturated rings. The molecule has 0 spiro atoms. The van der Waals surface area contributed by atoms with Crippen LogP contribution in [-0.4, -0.2) is 65.8 Å². The molecule has 0 amide bonds. The second-order valence-corrected chi connectivity index (χ2v) is 13.2. The number of anilines is 2. The second-order valence-electron chi connectivity index (χ2n) is 13.2. The van der Waals surface area contributed by atoms with Crippen LogP contribution in [0.1, 0.15) is 101 Å². The van der Waals surface area contributed by atoms with E-state index >= 15 is 0 Å². The van der Waals surface area contributed by atoms with Gasteiger partial charge in [0, 0.05) is 55.6 Å². The number of fused-ring (bicyclic) bond motifs is 3. The number of nitrogens with zero attached hydrogens (tertiary/aromatic N) is 4. The van der Waals surface area contributed by atoms with Crippen LogP contribution in [0.15, 0.2) is 18.2 Å². The first-order valence-corrected chi connectivity index (χ1v) is 16.6. The predicted octanol–water partition coefficient (Wildman–Crippen LogP) is 8.33. The van der Waals surface area contributed by atoms with Gasteiger partial charge in [0.25, 0.3) is 0 Å². The minimum atomic E-state index is 0.130. The number of hydrogen-bond acceptors (Lipinski definition) is 6. The van der Waals surface area contributed by atoms with Crippen LogP contribution in [0.25, 0.3) is 21.9 Å². The van der Waals surface area contributed by atoms with Crippen LogP contribution < -0.4 is 10.6 Å². The summed E-state index contributed by atoms with van der Waals surface area (Å²) >= 11 is 0. The molecule has 3 heterocycles. The van der Waals surface area contributed by atoms with Crippen LogP contribution in [0.5, 0.6) is 0 Å². The minimum Gasteiger partial charge on any atom is -0.382 e. The highest BCUT2D eigenvalue weighted by atomic mass is 16.5. The zero-order chi connectivity index (χ0) is 31.5. The Hall–Kier alpha value is -2.38. The number of hydrogen-bond donors (Lipinski definition) is 2. The van der Waals surface area contributed by atoms with Gasteiger partial charge in [-0.2, -0.15) is 0 Å². The number of piperazine rings is 1. The maximum absolute atomic E-state index is 6.28. The molecule has 1 atom stereocenters. The number of nitrogens with two attached hydrogens (primary N) is 1. The first-order valence-electron chi connectivity index (χ1n) is 16.6. The number of pyridine rings is 1. The first-order chi connectivity index (χ1) is 20.0. The standard InChI is InChI=1S/C31H50N6O.2C2H6/c1-8-10-26-34-27-24-17-23(11-12-25(24)33-29(32)28(27)35-26)37-15-13-36(14-16-37)19-31(6,7)21-38-20-30(4,5)18-22(3)9-2;2*1-2/h11-12,17,22H,8-10,13-16,18-21H2,1-7H3,(H2,32,33)(H,34,35);2*1-2H3. The van der Waals surface area contributed by atoms with E-state index in [2.05, 4.69) is 86.4 Å². The molecule has 2 aromatic heterocycles. The maximum atomic E-state index is 6.28. The third-order valence-electron chi connectivity index (χ3n) is 7.94. The van der Waals surface area contributed by atoms with Gasteiger partial charge in [0.1, 0.15) is 22.7 Å². The Kier molecular flexibility index (Phi) is 14.0. The summed E-state index contributed by atoms with van der Waals surface area (Å²) in [5.74, 6) is 2.25. The lowest BCUT2D eigenvalue weighted by Gasteiger charge is -2.40. The number of rotatable bonds is 12. The van der Waals surface area contributed by atoms with Crippen molar-refractivity contribution in [3.05, 3.63) is 24.0 Å². The van der Waals surface area contributed by atoms with E-state index in [1.165, 1.54) is 18.5 Å². The highest BCUT2D eigenvalue weighted by molar-refractivity contribution is 6.07. The molecule has 7 nitrogen and oxygen atoms in total. The molecule has 7 heteroatoms. The number of nitrogens with one attached hydrogen (secondary N) is 1. The Morgan fingerprint density at radius 2 is 1.60 bits per heavy atom. The fourth-order valence-electron chi connectivity index (χ4n) is 5.92. The monoisotopic (exact) mass is 582 g/mol. The number of benzene rings is 1. The molecule has 3 aromatic rings. The fourth-order valence-corrected chi connectivity index (χ4v) is 5.92. The van der Waals surface area contributed by atoms with Crippen LogP contribution in [0.3, 0.4) is 0 Å². The van der Waals surface area contributed by atoms with Gasteiger partial charge in [-0.25, -0.2) is 9.97 Å². The van der Waals surface area contributed by atoms with Crippen molar-refractivity contribution in [2.75, 3.05) is 56.6 Å². The third kappa shape index (κ3) is 9.84. The topological polar surface area (TPSA) is 83.3 Å². The van der Waals surface area contributed by atoms with E-state index in [0.29, 0.717) is 5.82 Å². The first kappa shape index (κ1) is 35.8. The van der Waals surface area contributed by atoms with E-state index in [-0.39, 0.29) is 10.8 Å². The summed E-state index contributed by atoms with van der Waals surface area (Å²) in [6.45, 7) is 31.0. The molecule has 1 aliphatic heterocycles. The van der Waals surface area contributed by atoms with Gasteiger partial charge < -0.3 is 20.4 Å². The number of nitrogen functional groups attached to an aromatic ring is 1. The van der Waals surface area contributed by atoms with Gasteiger partial charge in [0.15, 0.2) is 0 Å². The Bertz CT molecular complexity index is 1210. The Morgan fingerprint density at radius 1 is 0.952 bits per heavy atom. The summed E-state index contributed by atoms with van der Waals surface area (Å²) in [7, 11) is 0. The molecule has 0 saturated carbocycles. The normalized spacial score (nSPS) is 15.3. The van der Waals surface area contributed by atoms with Crippen LogP contribution in [0, 0.1) is 16.7 Å². The van der Waals surface area contributed by atoms with Crippen LogP contribution >= 0.6 is 0 Å². The van der Waals surface area contributed by atoms with Crippen LogP contribution in [-0.2, 0) is 11.2 Å². The smallest absolute Gasteiger partial charge is 0.150 e. The van der Waals surface area contributed by atoms with Crippen molar-refractivity contribution < 1.29 is 4.74 Å². The number of aryl methyl sites for hydroxylation is 1. The van der Waals surface area contributed by atoms with E-state index < -0.39 is 0 Å². The van der Waals surface area contributed by atoms with Gasteiger partial charge in [0.05, 0.1) is 18.7 Å². The number of ether oxygens (including phenoxy) is 1. The van der Waals surface area contributed by atoms with Crippen molar-refractivity contribution in [1.29, 1.82) is 0 Å². The molecule has 42 heavy (non-hydrogen) atoms. The van der Waals surface area contributed by atoms with Crippen molar-refractivity contribution >= 4 is 33.4 Å². The van der Waals surface area contributed by atoms with Crippen molar-refractivity contribution in [2.45, 2.75) is 102 Å². The summed E-state index contributed by atoms with van der Waals surface area (Å²) < 4.78 is 6.28. The third-order valence-corrected chi connectivity index (χ3v) is 7.94. The molecule has 4 rings (SSSR count). The number of H-pyrrole nitrogens is 1. The van der Waals surface area contributed by atoms with E-state index in [4.69, 9.17) is 15.5 Å². The fraction of sp³-hybridized carbons (Fsp3) is 0.714. The van der Waals surface area contributed by atoms with E-state index in [1.807, 2.05) is 27.7 Å². The largest absolute Gasteiger partial charge is 0.382 e. The van der Waals surface area contributed by atoms with Crippen molar-refractivity contribution in [3.63, 3.8) is 0 Å². The number of aromatic amines is 1. The highest BCUT2D eigenvalue weighted by Gasteiger charge is 2.27. The van der Waals surface area contributed by atoms with Gasteiger partial charge in [-0.05, 0) is 42.4 Å². The van der Waals surface area contributed by atoms with E-state index in [1.54, 1.807) is 0 Å². The lowest BCUT2D eigenvalue weighted by molar-refractivity contribution is -0.00459. The zero-order valence-corrected chi connectivity index (χ0v) is 28.9. The van der Waals surface area contributed by atoms with E-state index in [9.17, 15) is 0 Å². The summed E-state index contributed by atoms with van der Waals surface area (Å²) in [5.41, 5.74) is 10.5. The summed E-state index contributed by atoms with van der Waals surface area (Å²) in [5, 5.41) is 1.07. The molecule has 0 radical (unpaired) electrons. The second kappa shape index (κ2) is 16.5. The number of aromatic nitrogens is 3.